The molecule has 3 nitrogen and oxygen atoms in total. The first-order chi connectivity index (χ1) is 8.04. The minimum atomic E-state index is -2.77. The van der Waals surface area contributed by atoms with E-state index >= 15 is 0 Å². The van der Waals surface area contributed by atoms with Gasteiger partial charge in [-0.1, -0.05) is 6.92 Å². The van der Waals surface area contributed by atoms with Gasteiger partial charge in [0.2, 0.25) is 0 Å². The molecule has 90 valence electrons. The van der Waals surface area contributed by atoms with Crippen LogP contribution in [0.2, 0.25) is 0 Å². The SMILES string of the molecule is CCc1cc(C#N)cc(C(=O)OC)c1C(F)F. The number of alkyl halides is 2. The molecule has 5 heteroatoms. The Bertz CT molecular complexity index is 478. The number of esters is 1. The molecule has 1 aromatic rings. The van der Waals surface area contributed by atoms with Gasteiger partial charge in [0.15, 0.2) is 0 Å². The molecular weight excluding hydrogens is 228 g/mol. The fraction of sp³-hybridized carbons (Fsp3) is 0.333. The van der Waals surface area contributed by atoms with Crippen molar-refractivity contribution in [1.29, 1.82) is 5.26 Å². The largest absolute Gasteiger partial charge is 0.465 e. The molecule has 0 aliphatic carbocycles. The number of nitriles is 1. The summed E-state index contributed by atoms with van der Waals surface area (Å²) in [4.78, 5) is 11.4. The Morgan fingerprint density at radius 2 is 2.18 bits per heavy atom. The molecule has 0 N–H and O–H groups in total. The lowest BCUT2D eigenvalue weighted by molar-refractivity contribution is 0.0589. The average molecular weight is 239 g/mol. The van der Waals surface area contributed by atoms with Gasteiger partial charge in [-0.25, -0.2) is 13.6 Å². The molecule has 0 radical (unpaired) electrons. The number of benzene rings is 1. The first-order valence-electron chi connectivity index (χ1n) is 4.98. The molecule has 1 aromatic carbocycles. The van der Waals surface area contributed by atoms with E-state index in [9.17, 15) is 13.6 Å². The molecule has 0 saturated carbocycles. The predicted octanol–water partition coefficient (Wildman–Crippen LogP) is 2.84. The monoisotopic (exact) mass is 239 g/mol. The lowest BCUT2D eigenvalue weighted by atomic mass is 9.96. The van der Waals surface area contributed by atoms with Crippen LogP contribution in [0.3, 0.4) is 0 Å². The van der Waals surface area contributed by atoms with Crippen LogP contribution in [0.5, 0.6) is 0 Å². The van der Waals surface area contributed by atoms with Gasteiger partial charge >= 0.3 is 5.97 Å². The minimum absolute atomic E-state index is 0.173. The molecule has 0 aliphatic rings. The molecule has 0 aliphatic heterocycles. The van der Waals surface area contributed by atoms with Crippen molar-refractivity contribution in [3.05, 3.63) is 34.4 Å². The Labute approximate surface area is 97.6 Å². The van der Waals surface area contributed by atoms with Crippen molar-refractivity contribution in [2.24, 2.45) is 0 Å². The molecule has 0 atom stereocenters. The molecule has 0 unspecified atom stereocenters. The highest BCUT2D eigenvalue weighted by atomic mass is 19.3. The molecule has 0 saturated heterocycles. The summed E-state index contributed by atoms with van der Waals surface area (Å²) in [5.41, 5.74) is -0.122. The van der Waals surface area contributed by atoms with Gasteiger partial charge < -0.3 is 4.74 Å². The van der Waals surface area contributed by atoms with Gasteiger partial charge in [-0.2, -0.15) is 5.26 Å². The van der Waals surface area contributed by atoms with Crippen molar-refractivity contribution < 1.29 is 18.3 Å². The maximum absolute atomic E-state index is 12.9. The van der Waals surface area contributed by atoms with Gasteiger partial charge in [-0.05, 0) is 24.1 Å². The van der Waals surface area contributed by atoms with Gasteiger partial charge in [0.1, 0.15) is 0 Å². The van der Waals surface area contributed by atoms with Crippen LogP contribution in [0.25, 0.3) is 0 Å². The lowest BCUT2D eigenvalue weighted by Crippen LogP contribution is -2.09. The zero-order valence-corrected chi connectivity index (χ0v) is 9.46. The van der Waals surface area contributed by atoms with Crippen LogP contribution in [-0.4, -0.2) is 13.1 Å². The first-order valence-corrected chi connectivity index (χ1v) is 4.98. The van der Waals surface area contributed by atoms with E-state index in [1.54, 1.807) is 6.92 Å². The first kappa shape index (κ1) is 13.1. The lowest BCUT2D eigenvalue weighted by Gasteiger charge is -2.12. The highest BCUT2D eigenvalue weighted by molar-refractivity contribution is 5.92. The molecule has 0 heterocycles. The zero-order chi connectivity index (χ0) is 13.0. The van der Waals surface area contributed by atoms with Crippen LogP contribution < -0.4 is 0 Å². The number of nitrogens with zero attached hydrogens (tertiary/aromatic N) is 1. The summed E-state index contributed by atoms with van der Waals surface area (Å²) in [7, 11) is 1.11. The third-order valence-electron chi connectivity index (χ3n) is 2.40. The topological polar surface area (TPSA) is 50.1 Å². The molecular formula is C12H11F2NO2. The van der Waals surface area contributed by atoms with Gasteiger partial charge in [-0.3, -0.25) is 0 Å². The fourth-order valence-corrected chi connectivity index (χ4v) is 1.61. The summed E-state index contributed by atoms with van der Waals surface area (Å²) >= 11 is 0. The zero-order valence-electron chi connectivity index (χ0n) is 9.46. The van der Waals surface area contributed by atoms with Crippen LogP contribution in [0.15, 0.2) is 12.1 Å². The molecule has 0 amide bonds. The molecule has 0 spiro atoms. The van der Waals surface area contributed by atoms with Crippen molar-refractivity contribution in [2.75, 3.05) is 7.11 Å². The summed E-state index contributed by atoms with van der Waals surface area (Å²) in [6.45, 7) is 1.68. The van der Waals surface area contributed by atoms with Crippen LogP contribution in [0, 0.1) is 11.3 Å². The fourth-order valence-electron chi connectivity index (χ4n) is 1.61. The Morgan fingerprint density at radius 1 is 1.53 bits per heavy atom. The third-order valence-corrected chi connectivity index (χ3v) is 2.40. The second-order valence-electron chi connectivity index (χ2n) is 3.35. The number of carbonyl (C=O) groups excluding carboxylic acids is 1. The molecule has 0 fully saturated rings. The number of ether oxygens (including phenoxy) is 1. The Kier molecular flexibility index (Phi) is 4.16. The van der Waals surface area contributed by atoms with Crippen LogP contribution >= 0.6 is 0 Å². The minimum Gasteiger partial charge on any atom is -0.465 e. The summed E-state index contributed by atoms with van der Waals surface area (Å²) in [6.07, 6.45) is -2.45. The number of hydrogen-bond donors (Lipinski definition) is 0. The number of methoxy groups -OCH3 is 1. The number of hydrogen-bond acceptors (Lipinski definition) is 3. The highest BCUT2D eigenvalue weighted by Crippen LogP contribution is 2.29. The Balaban J connectivity index is 3.53. The average Bonchev–Trinajstić information content (AvgIpc) is 2.35. The van der Waals surface area contributed by atoms with Crippen molar-refractivity contribution >= 4 is 5.97 Å². The van der Waals surface area contributed by atoms with Crippen LogP contribution in [-0.2, 0) is 11.2 Å². The van der Waals surface area contributed by atoms with E-state index in [1.807, 2.05) is 6.07 Å². The van der Waals surface area contributed by atoms with Crippen molar-refractivity contribution in [1.82, 2.24) is 0 Å². The van der Waals surface area contributed by atoms with E-state index in [0.29, 0.717) is 12.0 Å². The summed E-state index contributed by atoms with van der Waals surface area (Å²) < 4.78 is 30.3. The number of rotatable bonds is 3. The molecule has 1 rings (SSSR count). The Hall–Kier alpha value is -1.96. The second kappa shape index (κ2) is 5.39. The van der Waals surface area contributed by atoms with E-state index in [-0.39, 0.29) is 16.7 Å². The van der Waals surface area contributed by atoms with Gasteiger partial charge in [-0.15, -0.1) is 0 Å². The van der Waals surface area contributed by atoms with Crippen LogP contribution in [0.4, 0.5) is 8.78 Å². The normalized spacial score (nSPS) is 10.1. The van der Waals surface area contributed by atoms with E-state index in [0.717, 1.165) is 13.2 Å². The second-order valence-corrected chi connectivity index (χ2v) is 3.35. The van der Waals surface area contributed by atoms with E-state index in [4.69, 9.17) is 5.26 Å². The van der Waals surface area contributed by atoms with Gasteiger partial charge in [0.05, 0.1) is 24.3 Å². The van der Waals surface area contributed by atoms with Gasteiger partial charge in [0.25, 0.3) is 6.43 Å². The highest BCUT2D eigenvalue weighted by Gasteiger charge is 2.23. The van der Waals surface area contributed by atoms with Crippen molar-refractivity contribution in [3.8, 4) is 6.07 Å². The summed E-state index contributed by atoms with van der Waals surface area (Å²) in [6, 6.07) is 4.33. The standard InChI is InChI=1S/C12H11F2NO2/c1-3-8-4-7(6-15)5-9(12(16)17-2)10(8)11(13)14/h4-5,11H,3H2,1-2H3. The summed E-state index contributed by atoms with van der Waals surface area (Å²) in [5.74, 6) is -0.855. The third kappa shape index (κ3) is 2.59. The summed E-state index contributed by atoms with van der Waals surface area (Å²) in [5, 5.41) is 8.78. The number of carbonyl (C=O) groups is 1. The van der Waals surface area contributed by atoms with E-state index in [2.05, 4.69) is 4.74 Å². The van der Waals surface area contributed by atoms with Crippen LogP contribution in [0.1, 0.15) is 40.4 Å². The maximum Gasteiger partial charge on any atom is 0.338 e. The smallest absolute Gasteiger partial charge is 0.338 e. The molecule has 0 bridgehead atoms. The maximum atomic E-state index is 12.9. The van der Waals surface area contributed by atoms with Gasteiger partial charge in [0, 0.05) is 5.56 Å². The molecule has 17 heavy (non-hydrogen) atoms. The number of aryl methyl sites for hydroxylation is 1. The Morgan fingerprint density at radius 3 is 2.59 bits per heavy atom. The van der Waals surface area contributed by atoms with Crippen molar-refractivity contribution in [3.63, 3.8) is 0 Å². The van der Waals surface area contributed by atoms with E-state index in [1.165, 1.54) is 6.07 Å². The quantitative estimate of drug-likeness (QED) is 0.762. The van der Waals surface area contributed by atoms with Crippen molar-refractivity contribution in [2.45, 2.75) is 19.8 Å². The van der Waals surface area contributed by atoms with E-state index < -0.39 is 12.4 Å². The predicted molar refractivity (Wildman–Crippen MR) is 56.8 cm³/mol. The molecule has 0 aromatic heterocycles. The number of halogens is 2.